The maximum atomic E-state index is 6.11. The molecule has 2 heteroatoms. The van der Waals surface area contributed by atoms with E-state index in [1.807, 2.05) is 0 Å². The Morgan fingerprint density at radius 2 is 1.95 bits per heavy atom. The van der Waals surface area contributed by atoms with Gasteiger partial charge in [-0.3, -0.25) is 0 Å². The van der Waals surface area contributed by atoms with Crippen LogP contribution in [0.4, 0.5) is 0 Å². The van der Waals surface area contributed by atoms with Crippen LogP contribution in [0.15, 0.2) is 18.2 Å². The summed E-state index contributed by atoms with van der Waals surface area (Å²) in [5.41, 5.74) is 4.29. The molecule has 1 fully saturated rings. The summed E-state index contributed by atoms with van der Waals surface area (Å²) in [5.74, 6) is 0. The lowest BCUT2D eigenvalue weighted by molar-refractivity contribution is 0.0320. The predicted molar refractivity (Wildman–Crippen MR) is 85.3 cm³/mol. The standard InChI is InChI=1S/C18H29NO/c1-5-11-19-17(18-10-9-15(4)20-18)12-16-13(2)7-6-8-14(16)3/h6-8,15,17-19H,5,9-12H2,1-4H3. The monoisotopic (exact) mass is 275 g/mol. The first kappa shape index (κ1) is 15.5. The van der Waals surface area contributed by atoms with Crippen molar-refractivity contribution in [3.8, 4) is 0 Å². The lowest BCUT2D eigenvalue weighted by Crippen LogP contribution is -2.42. The summed E-state index contributed by atoms with van der Waals surface area (Å²) in [4.78, 5) is 0. The van der Waals surface area contributed by atoms with Crippen LogP contribution in [0.2, 0.25) is 0 Å². The molecule has 3 unspecified atom stereocenters. The van der Waals surface area contributed by atoms with Crippen LogP contribution in [0.1, 0.15) is 49.8 Å². The Hall–Kier alpha value is -0.860. The largest absolute Gasteiger partial charge is 0.374 e. The molecular weight excluding hydrogens is 246 g/mol. The average molecular weight is 275 g/mol. The maximum Gasteiger partial charge on any atom is 0.0735 e. The first-order valence-electron chi connectivity index (χ1n) is 8.05. The Balaban J connectivity index is 2.10. The van der Waals surface area contributed by atoms with Gasteiger partial charge in [-0.05, 0) is 69.7 Å². The van der Waals surface area contributed by atoms with Gasteiger partial charge in [0.15, 0.2) is 0 Å². The number of hydrogen-bond donors (Lipinski definition) is 1. The first-order chi connectivity index (χ1) is 9.61. The van der Waals surface area contributed by atoms with Crippen molar-refractivity contribution in [1.82, 2.24) is 5.32 Å². The Kier molecular flexibility index (Phi) is 5.62. The van der Waals surface area contributed by atoms with Gasteiger partial charge in [-0.2, -0.15) is 0 Å². The highest BCUT2D eigenvalue weighted by molar-refractivity contribution is 5.34. The van der Waals surface area contributed by atoms with Gasteiger partial charge in [0.25, 0.3) is 0 Å². The third-order valence-electron chi connectivity index (χ3n) is 4.44. The van der Waals surface area contributed by atoms with E-state index in [-0.39, 0.29) is 0 Å². The van der Waals surface area contributed by atoms with E-state index >= 15 is 0 Å². The summed E-state index contributed by atoms with van der Waals surface area (Å²) in [6.45, 7) is 9.93. The van der Waals surface area contributed by atoms with Gasteiger partial charge < -0.3 is 10.1 Å². The highest BCUT2D eigenvalue weighted by Crippen LogP contribution is 2.25. The van der Waals surface area contributed by atoms with E-state index in [0.29, 0.717) is 18.2 Å². The fourth-order valence-electron chi connectivity index (χ4n) is 3.19. The molecule has 0 saturated carbocycles. The van der Waals surface area contributed by atoms with Crippen molar-refractivity contribution in [2.24, 2.45) is 0 Å². The van der Waals surface area contributed by atoms with E-state index in [0.717, 1.165) is 13.0 Å². The van der Waals surface area contributed by atoms with Gasteiger partial charge in [0.05, 0.1) is 12.2 Å². The van der Waals surface area contributed by atoms with Crippen molar-refractivity contribution in [2.75, 3.05) is 6.54 Å². The zero-order chi connectivity index (χ0) is 14.5. The maximum absolute atomic E-state index is 6.11. The normalized spacial score (nSPS) is 24.0. The molecule has 2 rings (SSSR count). The summed E-state index contributed by atoms with van der Waals surface area (Å²) in [6.07, 6.45) is 5.43. The fourth-order valence-corrected chi connectivity index (χ4v) is 3.19. The van der Waals surface area contributed by atoms with Crippen LogP contribution in [0.5, 0.6) is 0 Å². The Labute approximate surface area is 123 Å². The molecule has 1 N–H and O–H groups in total. The van der Waals surface area contributed by atoms with Gasteiger partial charge in [-0.1, -0.05) is 25.1 Å². The molecule has 20 heavy (non-hydrogen) atoms. The Bertz CT molecular complexity index is 409. The van der Waals surface area contributed by atoms with E-state index in [1.165, 1.54) is 36.0 Å². The topological polar surface area (TPSA) is 21.3 Å². The van der Waals surface area contributed by atoms with Gasteiger partial charge in [0.1, 0.15) is 0 Å². The molecule has 1 aliphatic rings. The minimum absolute atomic E-state index is 0.371. The summed E-state index contributed by atoms with van der Waals surface area (Å²) in [7, 11) is 0. The second-order valence-corrected chi connectivity index (χ2v) is 6.20. The molecule has 0 aromatic heterocycles. The van der Waals surface area contributed by atoms with Crippen molar-refractivity contribution in [3.05, 3.63) is 34.9 Å². The van der Waals surface area contributed by atoms with Gasteiger partial charge in [0.2, 0.25) is 0 Å². The second-order valence-electron chi connectivity index (χ2n) is 6.20. The van der Waals surface area contributed by atoms with E-state index in [2.05, 4.69) is 51.2 Å². The van der Waals surface area contributed by atoms with E-state index in [1.54, 1.807) is 0 Å². The minimum atomic E-state index is 0.371. The number of hydrogen-bond acceptors (Lipinski definition) is 2. The van der Waals surface area contributed by atoms with Gasteiger partial charge >= 0.3 is 0 Å². The summed E-state index contributed by atoms with van der Waals surface area (Å²) < 4.78 is 6.11. The molecule has 1 aromatic carbocycles. The molecule has 1 aromatic rings. The lowest BCUT2D eigenvalue weighted by atomic mass is 9.93. The second kappa shape index (κ2) is 7.24. The van der Waals surface area contributed by atoms with E-state index in [4.69, 9.17) is 4.74 Å². The zero-order valence-electron chi connectivity index (χ0n) is 13.4. The molecule has 1 aliphatic heterocycles. The fraction of sp³-hybridized carbons (Fsp3) is 0.667. The number of ether oxygens (including phenoxy) is 1. The highest BCUT2D eigenvalue weighted by Gasteiger charge is 2.29. The van der Waals surface area contributed by atoms with Crippen LogP contribution in [-0.4, -0.2) is 24.8 Å². The zero-order valence-corrected chi connectivity index (χ0v) is 13.4. The molecule has 1 heterocycles. The molecule has 112 valence electrons. The van der Waals surface area contributed by atoms with Gasteiger partial charge in [-0.25, -0.2) is 0 Å². The minimum Gasteiger partial charge on any atom is -0.374 e. The molecule has 0 spiro atoms. The van der Waals surface area contributed by atoms with Crippen molar-refractivity contribution in [2.45, 2.75) is 71.6 Å². The third kappa shape index (κ3) is 3.83. The third-order valence-corrected chi connectivity index (χ3v) is 4.44. The molecular formula is C18H29NO. The van der Waals surface area contributed by atoms with Crippen LogP contribution in [0, 0.1) is 13.8 Å². The summed E-state index contributed by atoms with van der Waals surface area (Å²) in [6, 6.07) is 7.03. The quantitative estimate of drug-likeness (QED) is 0.853. The van der Waals surface area contributed by atoms with Crippen molar-refractivity contribution < 1.29 is 4.74 Å². The Morgan fingerprint density at radius 3 is 2.50 bits per heavy atom. The van der Waals surface area contributed by atoms with Crippen LogP contribution in [0.25, 0.3) is 0 Å². The predicted octanol–water partition coefficient (Wildman–Crippen LogP) is 3.78. The van der Waals surface area contributed by atoms with Crippen LogP contribution in [0.3, 0.4) is 0 Å². The van der Waals surface area contributed by atoms with Gasteiger partial charge in [-0.15, -0.1) is 0 Å². The first-order valence-corrected chi connectivity index (χ1v) is 8.05. The number of aryl methyl sites for hydroxylation is 2. The van der Waals surface area contributed by atoms with Crippen molar-refractivity contribution >= 4 is 0 Å². The average Bonchev–Trinajstić information content (AvgIpc) is 2.84. The molecule has 1 saturated heterocycles. The smallest absolute Gasteiger partial charge is 0.0735 e. The van der Waals surface area contributed by atoms with E-state index in [9.17, 15) is 0 Å². The van der Waals surface area contributed by atoms with Crippen LogP contribution >= 0.6 is 0 Å². The number of rotatable bonds is 6. The van der Waals surface area contributed by atoms with Crippen molar-refractivity contribution in [1.29, 1.82) is 0 Å². The van der Waals surface area contributed by atoms with Crippen LogP contribution in [-0.2, 0) is 11.2 Å². The highest BCUT2D eigenvalue weighted by atomic mass is 16.5. The molecule has 2 nitrogen and oxygen atoms in total. The SMILES string of the molecule is CCCNC(Cc1c(C)cccc1C)C1CCC(C)O1. The number of nitrogens with one attached hydrogen (secondary N) is 1. The van der Waals surface area contributed by atoms with Gasteiger partial charge in [0, 0.05) is 6.04 Å². The molecule has 3 atom stereocenters. The lowest BCUT2D eigenvalue weighted by Gasteiger charge is -2.26. The molecule has 0 bridgehead atoms. The summed E-state index contributed by atoms with van der Waals surface area (Å²) >= 11 is 0. The molecule has 0 radical (unpaired) electrons. The summed E-state index contributed by atoms with van der Waals surface area (Å²) in [5, 5.41) is 3.71. The van der Waals surface area contributed by atoms with Crippen molar-refractivity contribution in [3.63, 3.8) is 0 Å². The molecule has 0 amide bonds. The number of benzene rings is 1. The van der Waals surface area contributed by atoms with Crippen LogP contribution < -0.4 is 5.32 Å². The molecule has 0 aliphatic carbocycles. The Morgan fingerprint density at radius 1 is 1.25 bits per heavy atom. The van der Waals surface area contributed by atoms with E-state index < -0.39 is 0 Å².